The fourth-order valence-corrected chi connectivity index (χ4v) is 2.16. The van der Waals surface area contributed by atoms with E-state index in [0.29, 0.717) is 0 Å². The normalized spacial score (nSPS) is 16.6. The minimum absolute atomic E-state index is 2.39. The number of hydrogen-bond donors (Lipinski definition) is 1. The molecule has 0 aliphatic carbocycles. The summed E-state index contributed by atoms with van der Waals surface area (Å²) in [4.78, 5) is 0. The predicted molar refractivity (Wildman–Crippen MR) is 63.3 cm³/mol. The summed E-state index contributed by atoms with van der Waals surface area (Å²) in [5.74, 6) is -59.7. The first-order valence-corrected chi connectivity index (χ1v) is 8.39. The van der Waals surface area contributed by atoms with Gasteiger partial charge >= 0.3 is 47.6 Å². The van der Waals surface area contributed by atoms with Crippen molar-refractivity contribution >= 4 is 10.0 Å². The highest BCUT2D eigenvalue weighted by Gasteiger charge is 2.95. The van der Waals surface area contributed by atoms with Crippen molar-refractivity contribution in [2.24, 2.45) is 5.14 Å². The summed E-state index contributed by atoms with van der Waals surface area (Å²) in [5, 5.41) is 4.05. The highest BCUT2D eigenvalue weighted by molar-refractivity contribution is 7.89. The second-order valence-corrected chi connectivity index (χ2v) is 7.50. The van der Waals surface area contributed by atoms with Crippen LogP contribution < -0.4 is 5.14 Å². The molecule has 0 aromatic heterocycles. The second-order valence-electron chi connectivity index (χ2n) is 5.77. The molecule has 0 aromatic carbocycles. The molecule has 0 bridgehead atoms. The first kappa shape index (κ1) is 29.7. The lowest BCUT2D eigenvalue weighted by Gasteiger charge is -2.42. The smallest absolute Gasteiger partial charge is 0.229 e. The molecule has 0 saturated heterocycles. The van der Waals surface area contributed by atoms with Crippen molar-refractivity contribution in [3.05, 3.63) is 0 Å². The summed E-state index contributed by atoms with van der Waals surface area (Å²) >= 11 is 0. The van der Waals surface area contributed by atoms with E-state index in [4.69, 9.17) is 0 Å². The van der Waals surface area contributed by atoms with Gasteiger partial charge in [0.25, 0.3) is 0 Å². The zero-order valence-electron chi connectivity index (χ0n) is 13.6. The number of hydrogen-bond acceptors (Lipinski definition) is 2. The number of rotatable bonds is 9. The van der Waals surface area contributed by atoms with Gasteiger partial charge in [-0.3, -0.25) is 0 Å². The van der Waals surface area contributed by atoms with Gasteiger partial charge in [-0.1, -0.05) is 0 Å². The molecule has 31 heavy (non-hydrogen) atoms. The minimum Gasteiger partial charge on any atom is -0.229 e. The van der Waals surface area contributed by atoms with Gasteiger partial charge in [0.1, 0.15) is 0 Å². The van der Waals surface area contributed by atoms with Gasteiger partial charge in [0.15, 0.2) is 0 Å². The van der Waals surface area contributed by atoms with E-state index in [9.17, 15) is 83.1 Å². The van der Waals surface area contributed by atoms with E-state index in [1.165, 1.54) is 0 Å². The predicted octanol–water partition coefficient (Wildman–Crippen LogP) is 4.67. The average molecular weight is 527 g/mol. The van der Waals surface area contributed by atoms with E-state index in [2.05, 4.69) is 5.14 Å². The molecule has 0 rings (SSSR count). The second kappa shape index (κ2) is 7.37. The number of sulfonamides is 1. The Balaban J connectivity index is 6.62. The standard InChI is InChI=1S/C10H6F17NO2S/c11-3(12,1-2-31(28,29)30)4(13,14)5(15,16)6(17,18)7(19,20)8(21,22)9(23,24)10(25,26)27/h1-2H2,(H2,28,29,30). The Morgan fingerprint density at radius 2 is 0.742 bits per heavy atom. The number of nitrogens with two attached hydrogens (primary N) is 1. The lowest BCUT2D eigenvalue weighted by atomic mass is 9.88. The largest absolute Gasteiger partial charge is 0.460 e. The molecule has 0 radical (unpaired) electrons. The van der Waals surface area contributed by atoms with Crippen LogP contribution in [0.4, 0.5) is 74.6 Å². The van der Waals surface area contributed by atoms with Crippen molar-refractivity contribution in [1.82, 2.24) is 0 Å². The van der Waals surface area contributed by atoms with Gasteiger partial charge in [-0.25, -0.2) is 13.6 Å². The molecule has 188 valence electrons. The molecule has 0 aliphatic rings. The highest BCUT2D eigenvalue weighted by atomic mass is 32.2. The van der Waals surface area contributed by atoms with Crippen molar-refractivity contribution in [3.8, 4) is 0 Å². The Morgan fingerprint density at radius 1 is 0.484 bits per heavy atom. The van der Waals surface area contributed by atoms with Crippen molar-refractivity contribution in [2.75, 3.05) is 5.75 Å². The van der Waals surface area contributed by atoms with E-state index in [1.807, 2.05) is 0 Å². The van der Waals surface area contributed by atoms with Gasteiger partial charge < -0.3 is 0 Å². The van der Waals surface area contributed by atoms with Crippen LogP contribution in [0.1, 0.15) is 6.42 Å². The zero-order chi connectivity index (χ0) is 25.9. The number of alkyl halides is 17. The lowest BCUT2D eigenvalue weighted by molar-refractivity contribution is -0.461. The summed E-state index contributed by atoms with van der Waals surface area (Å²) in [6.45, 7) is 0. The van der Waals surface area contributed by atoms with Crippen LogP contribution in [-0.2, 0) is 10.0 Å². The molecule has 0 unspecified atom stereocenters. The number of primary sulfonamides is 1. The Bertz CT molecular complexity index is 768. The van der Waals surface area contributed by atoms with Crippen LogP contribution in [0.2, 0.25) is 0 Å². The van der Waals surface area contributed by atoms with Crippen molar-refractivity contribution in [2.45, 2.75) is 54.1 Å². The van der Waals surface area contributed by atoms with Gasteiger partial charge in [0.2, 0.25) is 10.0 Å². The van der Waals surface area contributed by atoms with E-state index >= 15 is 0 Å². The first-order valence-electron chi connectivity index (χ1n) is 6.67. The Morgan fingerprint density at radius 3 is 1.00 bits per heavy atom. The van der Waals surface area contributed by atoms with Gasteiger partial charge in [-0.15, -0.1) is 0 Å². The quantitative estimate of drug-likeness (QED) is 0.444. The van der Waals surface area contributed by atoms with Crippen LogP contribution in [0.25, 0.3) is 0 Å². The van der Waals surface area contributed by atoms with Crippen LogP contribution in [0, 0.1) is 0 Å². The molecule has 3 nitrogen and oxygen atoms in total. The van der Waals surface area contributed by atoms with Crippen LogP contribution in [0.3, 0.4) is 0 Å². The zero-order valence-corrected chi connectivity index (χ0v) is 14.5. The summed E-state index contributed by atoms with van der Waals surface area (Å²) in [6, 6.07) is 0. The van der Waals surface area contributed by atoms with Gasteiger partial charge in [-0.2, -0.15) is 74.6 Å². The Kier molecular flexibility index (Phi) is 7.07. The molecular formula is C10H6F17NO2S. The topological polar surface area (TPSA) is 60.2 Å². The van der Waals surface area contributed by atoms with Crippen LogP contribution in [0.5, 0.6) is 0 Å². The molecule has 21 heteroatoms. The van der Waals surface area contributed by atoms with E-state index in [-0.39, 0.29) is 0 Å². The van der Waals surface area contributed by atoms with Gasteiger partial charge in [0, 0.05) is 6.42 Å². The van der Waals surface area contributed by atoms with E-state index < -0.39 is 69.8 Å². The summed E-state index contributed by atoms with van der Waals surface area (Å²) in [7, 11) is -5.22. The van der Waals surface area contributed by atoms with Crippen molar-refractivity contribution in [1.29, 1.82) is 0 Å². The summed E-state index contributed by atoms with van der Waals surface area (Å²) < 4.78 is 240. The van der Waals surface area contributed by atoms with E-state index in [1.54, 1.807) is 0 Å². The molecule has 0 fully saturated rings. The number of halogens is 17. The fourth-order valence-electron chi connectivity index (χ4n) is 1.62. The maximum absolute atomic E-state index is 13.3. The van der Waals surface area contributed by atoms with Gasteiger partial charge in [-0.05, 0) is 0 Å². The molecule has 2 N–H and O–H groups in total. The molecule has 0 amide bonds. The first-order chi connectivity index (χ1) is 13.0. The van der Waals surface area contributed by atoms with Crippen molar-refractivity contribution < 1.29 is 83.1 Å². The Labute approximate surface area is 159 Å². The van der Waals surface area contributed by atoms with Crippen LogP contribution >= 0.6 is 0 Å². The maximum Gasteiger partial charge on any atom is 0.460 e. The molecular weight excluding hydrogens is 521 g/mol. The lowest BCUT2D eigenvalue weighted by Crippen LogP contribution is -2.74. The van der Waals surface area contributed by atoms with E-state index in [0.717, 1.165) is 0 Å². The monoisotopic (exact) mass is 527 g/mol. The average Bonchev–Trinajstić information content (AvgIpc) is 2.50. The third-order valence-electron chi connectivity index (χ3n) is 3.49. The molecule has 0 heterocycles. The fraction of sp³-hybridized carbons (Fsp3) is 1.00. The molecule has 0 aliphatic heterocycles. The van der Waals surface area contributed by atoms with Gasteiger partial charge in [0.05, 0.1) is 5.75 Å². The molecule has 0 atom stereocenters. The summed E-state index contributed by atoms with van der Waals surface area (Å²) in [6.07, 6.45) is -10.9. The minimum atomic E-state index is -8.72. The third kappa shape index (κ3) is 4.34. The molecule has 0 saturated carbocycles. The third-order valence-corrected chi connectivity index (χ3v) is 4.26. The van der Waals surface area contributed by atoms with Crippen LogP contribution in [0.15, 0.2) is 0 Å². The highest BCUT2D eigenvalue weighted by Crippen LogP contribution is 2.64. The Hall–Kier alpha value is -1.28. The van der Waals surface area contributed by atoms with Crippen LogP contribution in [-0.4, -0.2) is 61.8 Å². The van der Waals surface area contributed by atoms with Crippen molar-refractivity contribution in [3.63, 3.8) is 0 Å². The molecule has 0 aromatic rings. The summed E-state index contributed by atoms with van der Waals surface area (Å²) in [5.41, 5.74) is 0. The SMILES string of the molecule is NS(=O)(=O)CCC(F)(F)C(F)(F)C(F)(F)C(F)(F)C(F)(F)C(F)(F)C(F)(F)C(F)(F)F. The molecule has 0 spiro atoms. The maximum atomic E-state index is 13.3.